The average Bonchev–Trinajstić information content (AvgIpc) is 3.12. The normalized spacial score (nSPS) is 13.9. The Balaban J connectivity index is 1.76. The lowest BCUT2D eigenvalue weighted by atomic mass is 9.99. The summed E-state index contributed by atoms with van der Waals surface area (Å²) in [4.78, 5) is 27.9. The number of hydrogen-bond donors (Lipinski definition) is 3. The highest BCUT2D eigenvalue weighted by molar-refractivity contribution is 6.38. The monoisotopic (exact) mass is 490 g/mol. The van der Waals surface area contributed by atoms with Crippen LogP contribution in [0.25, 0.3) is 11.3 Å². The molecule has 0 radical (unpaired) electrons. The zero-order chi connectivity index (χ0) is 25.1. The van der Waals surface area contributed by atoms with Gasteiger partial charge in [0.1, 0.15) is 6.54 Å². The van der Waals surface area contributed by atoms with E-state index in [0.717, 1.165) is 29.0 Å². The third kappa shape index (κ3) is 5.65. The predicted molar refractivity (Wildman–Crippen MR) is 142 cm³/mol. The van der Waals surface area contributed by atoms with Gasteiger partial charge in [-0.15, -0.1) is 0 Å². The van der Waals surface area contributed by atoms with E-state index in [-0.39, 0.29) is 12.5 Å². The number of carboxylic acid groups (broad SMARTS) is 1. The van der Waals surface area contributed by atoms with Crippen molar-refractivity contribution in [1.82, 2.24) is 4.90 Å². The second-order valence-corrected chi connectivity index (χ2v) is 9.19. The van der Waals surface area contributed by atoms with Crippen LogP contribution in [0, 0.1) is 0 Å². The number of fused-ring (bicyclic) bond motifs is 1. The summed E-state index contributed by atoms with van der Waals surface area (Å²) < 4.78 is 0. The maximum absolute atomic E-state index is 13.1. The molecule has 35 heavy (non-hydrogen) atoms. The number of halogens is 1. The first kappa shape index (κ1) is 24.3. The highest BCUT2D eigenvalue weighted by atomic mass is 35.5. The van der Waals surface area contributed by atoms with E-state index in [2.05, 4.69) is 27.7 Å². The van der Waals surface area contributed by atoms with Crippen molar-refractivity contribution in [3.63, 3.8) is 0 Å². The Morgan fingerprint density at radius 2 is 1.69 bits per heavy atom. The molecule has 180 valence electrons. The van der Waals surface area contributed by atoms with Gasteiger partial charge in [-0.3, -0.25) is 9.59 Å². The smallest absolute Gasteiger partial charge is 0.323 e. The molecule has 1 aliphatic heterocycles. The summed E-state index contributed by atoms with van der Waals surface area (Å²) in [5.74, 6) is -1.13. The van der Waals surface area contributed by atoms with Gasteiger partial charge in [0.15, 0.2) is 0 Å². The second kappa shape index (κ2) is 10.2. The molecule has 3 aromatic rings. The summed E-state index contributed by atoms with van der Waals surface area (Å²) >= 11 is 6.15. The van der Waals surface area contributed by atoms with Gasteiger partial charge in [0.05, 0.1) is 17.0 Å². The standard InChI is InChI=1S/C27H27ClN4O3/c1-31(2)15-17-4-9-20(10-5-17)29-26(18-6-11-21(12-7-18)32(3)16-24(33)34)25-22-13-8-19(28)14-23(22)30-27(25)35/h4-14,29H,15-16H2,1-3H3,(H,30,35)(H,33,34). The number of aliphatic carboxylic acids is 1. The van der Waals surface area contributed by atoms with Gasteiger partial charge in [-0.25, -0.2) is 0 Å². The van der Waals surface area contributed by atoms with Crippen molar-refractivity contribution in [1.29, 1.82) is 0 Å². The number of carbonyl (C=O) groups excluding carboxylic acids is 1. The molecule has 0 aliphatic carbocycles. The van der Waals surface area contributed by atoms with Gasteiger partial charge in [0.25, 0.3) is 5.91 Å². The molecule has 8 heteroatoms. The van der Waals surface area contributed by atoms with Gasteiger partial charge in [0, 0.05) is 35.6 Å². The van der Waals surface area contributed by atoms with Crippen LogP contribution in [-0.2, 0) is 16.1 Å². The van der Waals surface area contributed by atoms with Gasteiger partial charge in [-0.1, -0.05) is 41.9 Å². The van der Waals surface area contributed by atoms with Gasteiger partial charge < -0.3 is 25.5 Å². The van der Waals surface area contributed by atoms with Crippen molar-refractivity contribution in [3.8, 4) is 0 Å². The van der Waals surface area contributed by atoms with Crippen molar-refractivity contribution >= 4 is 51.8 Å². The summed E-state index contributed by atoms with van der Waals surface area (Å²) in [5, 5.41) is 16.0. The molecule has 4 rings (SSSR count). The van der Waals surface area contributed by atoms with Crippen LogP contribution >= 0.6 is 11.6 Å². The third-order valence-corrected chi connectivity index (χ3v) is 5.90. The zero-order valence-electron chi connectivity index (χ0n) is 19.8. The number of carbonyl (C=O) groups is 2. The Morgan fingerprint density at radius 1 is 1.00 bits per heavy atom. The molecule has 0 unspecified atom stereocenters. The third-order valence-electron chi connectivity index (χ3n) is 5.67. The number of nitrogens with one attached hydrogen (secondary N) is 2. The van der Waals surface area contributed by atoms with Crippen molar-refractivity contribution in [2.24, 2.45) is 0 Å². The number of likely N-dealkylation sites (N-methyl/N-ethyl adjacent to an activating group) is 1. The Bertz CT molecular complexity index is 1280. The molecule has 0 saturated carbocycles. The number of carboxylic acids is 1. The topological polar surface area (TPSA) is 84.9 Å². The maximum atomic E-state index is 13.1. The fraction of sp³-hybridized carbons (Fsp3) is 0.185. The van der Waals surface area contributed by atoms with Crippen molar-refractivity contribution < 1.29 is 14.7 Å². The van der Waals surface area contributed by atoms with E-state index in [1.807, 2.05) is 56.6 Å². The molecular formula is C27H27ClN4O3. The fourth-order valence-corrected chi connectivity index (χ4v) is 4.22. The number of rotatable bonds is 8. The van der Waals surface area contributed by atoms with Crippen LogP contribution in [0.3, 0.4) is 0 Å². The summed E-state index contributed by atoms with van der Waals surface area (Å²) in [6.45, 7) is 0.720. The minimum atomic E-state index is -0.906. The molecule has 0 atom stereocenters. The number of anilines is 3. The van der Waals surface area contributed by atoms with Gasteiger partial charge in [0.2, 0.25) is 0 Å². The van der Waals surface area contributed by atoms with E-state index in [4.69, 9.17) is 16.7 Å². The summed E-state index contributed by atoms with van der Waals surface area (Å²) in [6, 6.07) is 20.9. The van der Waals surface area contributed by atoms with E-state index in [1.54, 1.807) is 24.1 Å². The van der Waals surface area contributed by atoms with Crippen molar-refractivity contribution in [2.45, 2.75) is 6.54 Å². The van der Waals surface area contributed by atoms with Gasteiger partial charge in [-0.05, 0) is 61.6 Å². The number of nitrogens with zero attached hydrogens (tertiary/aromatic N) is 2. The number of benzene rings is 3. The Morgan fingerprint density at radius 3 is 2.31 bits per heavy atom. The van der Waals surface area contributed by atoms with Crippen LogP contribution in [0.5, 0.6) is 0 Å². The van der Waals surface area contributed by atoms with Gasteiger partial charge in [-0.2, -0.15) is 0 Å². The Kier molecular flexibility index (Phi) is 7.10. The molecule has 1 heterocycles. The molecule has 3 aromatic carbocycles. The highest BCUT2D eigenvalue weighted by Crippen LogP contribution is 2.39. The maximum Gasteiger partial charge on any atom is 0.323 e. The molecule has 0 spiro atoms. The van der Waals surface area contributed by atoms with Crippen LogP contribution in [-0.4, -0.2) is 49.6 Å². The first-order valence-corrected chi connectivity index (χ1v) is 11.5. The fourth-order valence-electron chi connectivity index (χ4n) is 4.05. The molecule has 7 nitrogen and oxygen atoms in total. The zero-order valence-corrected chi connectivity index (χ0v) is 20.6. The number of hydrogen-bond acceptors (Lipinski definition) is 5. The summed E-state index contributed by atoms with van der Waals surface area (Å²) in [6.07, 6.45) is 0. The Hall–Kier alpha value is -3.81. The van der Waals surface area contributed by atoms with Crippen molar-refractivity contribution in [2.75, 3.05) is 43.2 Å². The summed E-state index contributed by atoms with van der Waals surface area (Å²) in [7, 11) is 5.77. The highest BCUT2D eigenvalue weighted by Gasteiger charge is 2.28. The minimum Gasteiger partial charge on any atom is -0.480 e. The van der Waals surface area contributed by atoms with Gasteiger partial charge >= 0.3 is 5.97 Å². The molecule has 0 aromatic heterocycles. The second-order valence-electron chi connectivity index (χ2n) is 8.75. The average molecular weight is 491 g/mol. The van der Waals surface area contributed by atoms with E-state index >= 15 is 0 Å². The first-order chi connectivity index (χ1) is 16.7. The van der Waals surface area contributed by atoms with Crippen LogP contribution in [0.15, 0.2) is 66.7 Å². The van der Waals surface area contributed by atoms with E-state index < -0.39 is 5.97 Å². The number of amides is 1. The minimum absolute atomic E-state index is 0.110. The molecule has 0 bridgehead atoms. The van der Waals surface area contributed by atoms with Crippen LogP contribution < -0.4 is 15.5 Å². The SMILES string of the molecule is CN(C)Cc1ccc(NC(=C2C(=O)Nc3cc(Cl)ccc32)c2ccc(N(C)CC(=O)O)cc2)cc1. The van der Waals surface area contributed by atoms with Crippen LogP contribution in [0.1, 0.15) is 16.7 Å². The molecular weight excluding hydrogens is 464 g/mol. The quantitative estimate of drug-likeness (QED) is 0.391. The van der Waals surface area contributed by atoms with Crippen LogP contribution in [0.2, 0.25) is 5.02 Å². The lowest BCUT2D eigenvalue weighted by Gasteiger charge is -2.19. The van der Waals surface area contributed by atoms with Crippen LogP contribution in [0.4, 0.5) is 17.1 Å². The first-order valence-electron chi connectivity index (χ1n) is 11.1. The molecule has 1 aliphatic rings. The largest absolute Gasteiger partial charge is 0.480 e. The Labute approximate surface area is 209 Å². The van der Waals surface area contributed by atoms with E-state index in [0.29, 0.717) is 22.0 Å². The van der Waals surface area contributed by atoms with E-state index in [9.17, 15) is 9.59 Å². The van der Waals surface area contributed by atoms with E-state index in [1.165, 1.54) is 5.56 Å². The van der Waals surface area contributed by atoms with Crippen molar-refractivity contribution in [3.05, 3.63) is 88.4 Å². The molecule has 0 saturated heterocycles. The summed E-state index contributed by atoms with van der Waals surface area (Å²) in [5.41, 5.74) is 6.17. The lowest BCUT2D eigenvalue weighted by molar-refractivity contribution is -0.135. The molecule has 1 amide bonds. The molecule has 0 fully saturated rings. The molecule has 3 N–H and O–H groups in total. The lowest BCUT2D eigenvalue weighted by Crippen LogP contribution is -2.24. The predicted octanol–water partition coefficient (Wildman–Crippen LogP) is 4.85.